The predicted octanol–water partition coefficient (Wildman–Crippen LogP) is 5.19. The monoisotopic (exact) mass is 426 g/mol. The van der Waals surface area contributed by atoms with Crippen LogP contribution in [-0.4, -0.2) is 8.42 Å². The van der Waals surface area contributed by atoms with Gasteiger partial charge in [0.05, 0.1) is 4.90 Å². The third-order valence-electron chi connectivity index (χ3n) is 3.34. The summed E-state index contributed by atoms with van der Waals surface area (Å²) in [7, 11) is -3.46. The molecule has 0 fully saturated rings. The molecule has 0 atom stereocenters. The predicted molar refractivity (Wildman–Crippen MR) is 101 cm³/mol. The molecule has 0 radical (unpaired) electrons. The van der Waals surface area contributed by atoms with E-state index in [1.54, 1.807) is 18.2 Å². The Hall–Kier alpha value is -1.14. The molecule has 116 valence electrons. The van der Waals surface area contributed by atoms with Gasteiger partial charge in [-0.3, -0.25) is 0 Å². The van der Waals surface area contributed by atoms with E-state index >= 15 is 0 Å². The van der Waals surface area contributed by atoms with E-state index in [1.165, 1.54) is 5.41 Å². The SMILES string of the molecule is CC(C)(C)c1cccc(S(=O)(=O)/C=C(/I)c2ccccc2)c1. The van der Waals surface area contributed by atoms with E-state index in [-0.39, 0.29) is 5.41 Å². The zero-order valence-electron chi connectivity index (χ0n) is 12.9. The van der Waals surface area contributed by atoms with Crippen LogP contribution < -0.4 is 0 Å². The first-order chi connectivity index (χ1) is 10.2. The average molecular weight is 426 g/mol. The average Bonchev–Trinajstić information content (AvgIpc) is 2.47. The van der Waals surface area contributed by atoms with Crippen LogP contribution in [0, 0.1) is 0 Å². The lowest BCUT2D eigenvalue weighted by Gasteiger charge is -2.19. The molecule has 0 aliphatic heterocycles. The first-order valence-corrected chi connectivity index (χ1v) is 9.61. The van der Waals surface area contributed by atoms with Crippen molar-refractivity contribution in [3.05, 3.63) is 71.1 Å². The molecule has 2 aromatic carbocycles. The van der Waals surface area contributed by atoms with Crippen molar-refractivity contribution >= 4 is 36.0 Å². The molecule has 0 saturated carbocycles. The van der Waals surface area contributed by atoms with Crippen molar-refractivity contribution < 1.29 is 8.42 Å². The van der Waals surface area contributed by atoms with Crippen molar-refractivity contribution in [2.75, 3.05) is 0 Å². The number of hydrogen-bond acceptors (Lipinski definition) is 2. The van der Waals surface area contributed by atoms with E-state index in [2.05, 4.69) is 43.4 Å². The Labute approximate surface area is 146 Å². The van der Waals surface area contributed by atoms with Gasteiger partial charge < -0.3 is 0 Å². The van der Waals surface area contributed by atoms with Gasteiger partial charge in [0.25, 0.3) is 0 Å². The second-order valence-electron chi connectivity index (χ2n) is 6.15. The van der Waals surface area contributed by atoms with Crippen LogP contribution in [0.4, 0.5) is 0 Å². The van der Waals surface area contributed by atoms with Gasteiger partial charge in [-0.2, -0.15) is 0 Å². The Morgan fingerprint density at radius 2 is 1.64 bits per heavy atom. The van der Waals surface area contributed by atoms with Crippen LogP contribution >= 0.6 is 22.6 Å². The van der Waals surface area contributed by atoms with Crippen molar-refractivity contribution in [3.63, 3.8) is 0 Å². The van der Waals surface area contributed by atoms with Crippen LogP contribution in [0.1, 0.15) is 31.9 Å². The van der Waals surface area contributed by atoms with E-state index in [0.29, 0.717) is 8.48 Å². The van der Waals surface area contributed by atoms with Crippen LogP contribution in [-0.2, 0) is 15.3 Å². The number of rotatable bonds is 3. The molecule has 2 nitrogen and oxygen atoms in total. The molecule has 2 rings (SSSR count). The second-order valence-corrected chi connectivity index (χ2v) is 9.11. The lowest BCUT2D eigenvalue weighted by molar-refractivity contribution is 0.585. The topological polar surface area (TPSA) is 34.1 Å². The summed E-state index contributed by atoms with van der Waals surface area (Å²) in [5, 5.41) is 1.34. The maximum Gasteiger partial charge on any atom is 0.200 e. The molecule has 0 aliphatic rings. The highest BCUT2D eigenvalue weighted by Crippen LogP contribution is 2.28. The van der Waals surface area contributed by atoms with E-state index in [4.69, 9.17) is 0 Å². The van der Waals surface area contributed by atoms with E-state index in [9.17, 15) is 8.42 Å². The van der Waals surface area contributed by atoms with Gasteiger partial charge in [-0.15, -0.1) is 0 Å². The van der Waals surface area contributed by atoms with Gasteiger partial charge in [0, 0.05) is 8.99 Å². The van der Waals surface area contributed by atoms with Crippen LogP contribution in [0.15, 0.2) is 64.9 Å². The Morgan fingerprint density at radius 1 is 1.00 bits per heavy atom. The van der Waals surface area contributed by atoms with E-state index in [1.807, 2.05) is 36.4 Å². The Morgan fingerprint density at radius 3 is 2.23 bits per heavy atom. The molecule has 0 amide bonds. The summed E-state index contributed by atoms with van der Waals surface area (Å²) in [6, 6.07) is 16.7. The Bertz CT molecular complexity index is 785. The highest BCUT2D eigenvalue weighted by Gasteiger charge is 2.18. The van der Waals surface area contributed by atoms with Gasteiger partial charge in [-0.05, 0) is 51.3 Å². The van der Waals surface area contributed by atoms with Crippen molar-refractivity contribution in [2.24, 2.45) is 0 Å². The third kappa shape index (κ3) is 4.20. The summed E-state index contributed by atoms with van der Waals surface area (Å²) in [4.78, 5) is 0.338. The van der Waals surface area contributed by atoms with E-state index < -0.39 is 9.84 Å². The molecule has 0 aliphatic carbocycles. The highest BCUT2D eigenvalue weighted by molar-refractivity contribution is 14.1. The number of halogens is 1. The molecule has 0 spiro atoms. The third-order valence-corrected chi connectivity index (χ3v) is 6.15. The number of sulfone groups is 1. The Kier molecular flexibility index (Phi) is 5.12. The van der Waals surface area contributed by atoms with Crippen LogP contribution in [0.25, 0.3) is 3.58 Å². The number of hydrogen-bond donors (Lipinski definition) is 0. The summed E-state index contributed by atoms with van der Waals surface area (Å²) < 4.78 is 25.9. The molecule has 2 aromatic rings. The summed E-state index contributed by atoms with van der Waals surface area (Å²) in [5.41, 5.74) is 1.83. The largest absolute Gasteiger partial charge is 0.219 e. The fraction of sp³-hybridized carbons (Fsp3) is 0.222. The Balaban J connectivity index is 2.44. The maximum atomic E-state index is 12.6. The smallest absolute Gasteiger partial charge is 0.200 e. The lowest BCUT2D eigenvalue weighted by Crippen LogP contribution is -2.11. The molecule has 22 heavy (non-hydrogen) atoms. The minimum atomic E-state index is -3.46. The van der Waals surface area contributed by atoms with Crippen molar-refractivity contribution in [1.82, 2.24) is 0 Å². The molecular formula is C18H19IO2S. The molecule has 0 aromatic heterocycles. The standard InChI is InChI=1S/C18H19IO2S/c1-18(2,3)15-10-7-11-16(12-15)22(20,21)13-17(19)14-8-5-4-6-9-14/h4-13H,1-3H3/b17-13+. The van der Waals surface area contributed by atoms with Gasteiger partial charge in [0.1, 0.15) is 0 Å². The quantitative estimate of drug-likeness (QED) is 0.633. The second kappa shape index (κ2) is 6.54. The molecule has 4 heteroatoms. The molecule has 0 heterocycles. The maximum absolute atomic E-state index is 12.6. The molecule has 0 bridgehead atoms. The first-order valence-electron chi connectivity index (χ1n) is 6.98. The first kappa shape index (κ1) is 17.2. The summed E-state index contributed by atoms with van der Waals surface area (Å²) in [5.74, 6) is 0. The van der Waals surface area contributed by atoms with Crippen molar-refractivity contribution in [2.45, 2.75) is 31.1 Å². The van der Waals surface area contributed by atoms with Gasteiger partial charge in [0.15, 0.2) is 0 Å². The fourth-order valence-electron chi connectivity index (χ4n) is 2.01. The van der Waals surface area contributed by atoms with Crippen LogP contribution in [0.3, 0.4) is 0 Å². The molecule has 0 saturated heterocycles. The normalized spacial score (nSPS) is 13.2. The zero-order chi connectivity index (χ0) is 16.4. The lowest BCUT2D eigenvalue weighted by atomic mass is 9.87. The van der Waals surface area contributed by atoms with Gasteiger partial charge in [0.2, 0.25) is 9.84 Å². The zero-order valence-corrected chi connectivity index (χ0v) is 15.9. The summed E-state index contributed by atoms with van der Waals surface area (Å²) in [6.45, 7) is 6.22. The van der Waals surface area contributed by atoms with Crippen LogP contribution in [0.5, 0.6) is 0 Å². The van der Waals surface area contributed by atoms with E-state index in [0.717, 1.165) is 11.1 Å². The van der Waals surface area contributed by atoms with Gasteiger partial charge in [-0.25, -0.2) is 8.42 Å². The summed E-state index contributed by atoms with van der Waals surface area (Å²) >= 11 is 2.07. The highest BCUT2D eigenvalue weighted by atomic mass is 127. The van der Waals surface area contributed by atoms with Gasteiger partial charge >= 0.3 is 0 Å². The summed E-state index contributed by atoms with van der Waals surface area (Å²) in [6.07, 6.45) is 0. The molecule has 0 N–H and O–H groups in total. The van der Waals surface area contributed by atoms with Crippen molar-refractivity contribution in [3.8, 4) is 0 Å². The van der Waals surface area contributed by atoms with Crippen molar-refractivity contribution in [1.29, 1.82) is 0 Å². The fourth-order valence-corrected chi connectivity index (χ4v) is 4.48. The van der Waals surface area contributed by atoms with Crippen LogP contribution in [0.2, 0.25) is 0 Å². The van der Waals surface area contributed by atoms with Gasteiger partial charge in [-0.1, -0.05) is 63.2 Å². The number of benzene rings is 2. The molecule has 0 unspecified atom stereocenters. The minimum absolute atomic E-state index is 0.0815. The molecular weight excluding hydrogens is 407 g/mol. The minimum Gasteiger partial charge on any atom is -0.219 e.